The van der Waals surface area contributed by atoms with E-state index in [0.717, 1.165) is 25.9 Å². The lowest BCUT2D eigenvalue weighted by Crippen LogP contribution is -2.31. The summed E-state index contributed by atoms with van der Waals surface area (Å²) in [7, 11) is 3.15. The molecule has 0 radical (unpaired) electrons. The van der Waals surface area contributed by atoms with Gasteiger partial charge in [0.15, 0.2) is 0 Å². The molecule has 0 aromatic heterocycles. The lowest BCUT2D eigenvalue weighted by molar-refractivity contribution is -0.150. The Balaban J connectivity index is 2.07. The zero-order valence-corrected chi connectivity index (χ0v) is 7.71. The predicted molar refractivity (Wildman–Crippen MR) is 44.7 cm³/mol. The van der Waals surface area contributed by atoms with Crippen LogP contribution in [-0.4, -0.2) is 26.8 Å². The molecule has 1 saturated carbocycles. The van der Waals surface area contributed by atoms with Gasteiger partial charge in [0.1, 0.15) is 0 Å². The number of rotatable bonds is 4. The molecule has 3 heteroatoms. The highest BCUT2D eigenvalue weighted by molar-refractivity contribution is 5.73. The van der Waals surface area contributed by atoms with Gasteiger partial charge < -0.3 is 9.47 Å². The van der Waals surface area contributed by atoms with Crippen molar-refractivity contribution in [3.63, 3.8) is 0 Å². The fraction of sp³-hybridized carbons (Fsp3) is 0.889. The molecule has 0 bridgehead atoms. The fourth-order valence-electron chi connectivity index (χ4n) is 1.62. The number of hydrogen-bond acceptors (Lipinski definition) is 3. The molecule has 1 fully saturated rings. The van der Waals surface area contributed by atoms with Crippen LogP contribution in [0.2, 0.25) is 0 Å². The van der Waals surface area contributed by atoms with Gasteiger partial charge in [-0.1, -0.05) is 0 Å². The molecule has 0 aromatic rings. The SMILES string of the molecule is COCCC1CC(C(=O)OC)C1. The van der Waals surface area contributed by atoms with E-state index < -0.39 is 0 Å². The smallest absolute Gasteiger partial charge is 0.308 e. The van der Waals surface area contributed by atoms with Crippen molar-refractivity contribution >= 4 is 5.97 Å². The standard InChI is InChI=1S/C9H16O3/c1-11-4-3-7-5-8(6-7)9(10)12-2/h7-8H,3-6H2,1-2H3. The van der Waals surface area contributed by atoms with Gasteiger partial charge in [0.25, 0.3) is 0 Å². The lowest BCUT2D eigenvalue weighted by atomic mass is 9.73. The molecule has 0 atom stereocenters. The molecule has 0 unspecified atom stereocenters. The van der Waals surface area contributed by atoms with Crippen LogP contribution in [-0.2, 0) is 14.3 Å². The van der Waals surface area contributed by atoms with Crippen LogP contribution in [0.3, 0.4) is 0 Å². The van der Waals surface area contributed by atoms with Crippen molar-refractivity contribution in [2.24, 2.45) is 11.8 Å². The van der Waals surface area contributed by atoms with Crippen LogP contribution in [0.25, 0.3) is 0 Å². The summed E-state index contributed by atoms with van der Waals surface area (Å²) in [6.45, 7) is 0.804. The monoisotopic (exact) mass is 172 g/mol. The maximum atomic E-state index is 11.0. The third kappa shape index (κ3) is 2.21. The topological polar surface area (TPSA) is 35.5 Å². The second-order valence-corrected chi connectivity index (χ2v) is 3.34. The highest BCUT2D eigenvalue weighted by Crippen LogP contribution is 2.36. The van der Waals surface area contributed by atoms with E-state index in [1.807, 2.05) is 0 Å². The second-order valence-electron chi connectivity index (χ2n) is 3.34. The molecule has 1 rings (SSSR count). The minimum Gasteiger partial charge on any atom is -0.469 e. The van der Waals surface area contributed by atoms with Crippen LogP contribution in [0.4, 0.5) is 0 Å². The average molecular weight is 172 g/mol. The molecule has 1 aliphatic rings. The molecular weight excluding hydrogens is 156 g/mol. The van der Waals surface area contributed by atoms with Crippen LogP contribution in [0.15, 0.2) is 0 Å². The molecule has 0 N–H and O–H groups in total. The number of esters is 1. The Morgan fingerprint density at radius 2 is 2.08 bits per heavy atom. The molecular formula is C9H16O3. The molecule has 70 valence electrons. The van der Waals surface area contributed by atoms with Crippen LogP contribution in [0.1, 0.15) is 19.3 Å². The number of ether oxygens (including phenoxy) is 2. The molecule has 0 heterocycles. The Labute approximate surface area is 73.0 Å². The third-order valence-electron chi connectivity index (χ3n) is 2.50. The summed E-state index contributed by atoms with van der Waals surface area (Å²) in [6, 6.07) is 0. The molecule has 0 aromatic carbocycles. The van der Waals surface area contributed by atoms with Gasteiger partial charge in [-0.25, -0.2) is 0 Å². The molecule has 0 saturated heterocycles. The third-order valence-corrected chi connectivity index (χ3v) is 2.50. The van der Waals surface area contributed by atoms with Crippen molar-refractivity contribution in [1.82, 2.24) is 0 Å². The number of carbonyl (C=O) groups is 1. The Morgan fingerprint density at radius 1 is 1.42 bits per heavy atom. The predicted octanol–water partition coefficient (Wildman–Crippen LogP) is 1.22. The summed E-state index contributed by atoms with van der Waals surface area (Å²) in [5.41, 5.74) is 0. The van der Waals surface area contributed by atoms with E-state index in [2.05, 4.69) is 4.74 Å². The van der Waals surface area contributed by atoms with Crippen LogP contribution < -0.4 is 0 Å². The summed E-state index contributed by atoms with van der Waals surface area (Å²) in [4.78, 5) is 11.0. The molecule has 3 nitrogen and oxygen atoms in total. The first-order valence-electron chi connectivity index (χ1n) is 4.34. The summed E-state index contributed by atoms with van der Waals surface area (Å²) < 4.78 is 9.59. The Bertz CT molecular complexity index is 150. The van der Waals surface area contributed by atoms with Crippen molar-refractivity contribution in [1.29, 1.82) is 0 Å². The highest BCUT2D eigenvalue weighted by Gasteiger charge is 2.34. The van der Waals surface area contributed by atoms with E-state index in [9.17, 15) is 4.79 Å². The number of hydrogen-bond donors (Lipinski definition) is 0. The molecule has 12 heavy (non-hydrogen) atoms. The normalized spacial score (nSPS) is 27.8. The largest absolute Gasteiger partial charge is 0.469 e. The van der Waals surface area contributed by atoms with Crippen molar-refractivity contribution in [2.45, 2.75) is 19.3 Å². The van der Waals surface area contributed by atoms with E-state index in [4.69, 9.17) is 4.74 Å². The first-order valence-corrected chi connectivity index (χ1v) is 4.34. The first kappa shape index (κ1) is 9.52. The molecule has 0 spiro atoms. The molecule has 0 aliphatic heterocycles. The van der Waals surface area contributed by atoms with E-state index in [0.29, 0.717) is 5.92 Å². The van der Waals surface area contributed by atoms with Crippen LogP contribution >= 0.6 is 0 Å². The van der Waals surface area contributed by atoms with Crippen LogP contribution in [0, 0.1) is 11.8 Å². The van der Waals surface area contributed by atoms with Crippen molar-refractivity contribution < 1.29 is 14.3 Å². The summed E-state index contributed by atoms with van der Waals surface area (Å²) in [6.07, 6.45) is 3.04. The van der Waals surface area contributed by atoms with Crippen molar-refractivity contribution in [3.8, 4) is 0 Å². The van der Waals surface area contributed by atoms with Crippen molar-refractivity contribution in [2.75, 3.05) is 20.8 Å². The zero-order valence-electron chi connectivity index (χ0n) is 7.71. The van der Waals surface area contributed by atoms with E-state index >= 15 is 0 Å². The molecule has 0 amide bonds. The van der Waals surface area contributed by atoms with E-state index in [1.54, 1.807) is 7.11 Å². The maximum absolute atomic E-state index is 11.0. The van der Waals surface area contributed by atoms with Gasteiger partial charge in [-0.3, -0.25) is 4.79 Å². The minimum absolute atomic E-state index is 0.0522. The van der Waals surface area contributed by atoms with Gasteiger partial charge in [-0.15, -0.1) is 0 Å². The van der Waals surface area contributed by atoms with Crippen molar-refractivity contribution in [3.05, 3.63) is 0 Å². The Hall–Kier alpha value is -0.570. The van der Waals surface area contributed by atoms with Gasteiger partial charge in [0, 0.05) is 13.7 Å². The summed E-state index contributed by atoms with van der Waals surface area (Å²) in [5.74, 6) is 0.787. The maximum Gasteiger partial charge on any atom is 0.308 e. The zero-order chi connectivity index (χ0) is 8.97. The highest BCUT2D eigenvalue weighted by atomic mass is 16.5. The van der Waals surface area contributed by atoms with Gasteiger partial charge in [-0.2, -0.15) is 0 Å². The van der Waals surface area contributed by atoms with Gasteiger partial charge in [0.2, 0.25) is 0 Å². The first-order chi connectivity index (χ1) is 5.77. The quantitative estimate of drug-likeness (QED) is 0.598. The average Bonchev–Trinajstić information content (AvgIpc) is 2.01. The van der Waals surface area contributed by atoms with Gasteiger partial charge in [-0.05, 0) is 25.2 Å². The minimum atomic E-state index is -0.0522. The Morgan fingerprint density at radius 3 is 2.58 bits per heavy atom. The van der Waals surface area contributed by atoms with Gasteiger partial charge in [0.05, 0.1) is 13.0 Å². The second kappa shape index (κ2) is 4.45. The summed E-state index contributed by atoms with van der Waals surface area (Å²) >= 11 is 0. The number of methoxy groups -OCH3 is 2. The van der Waals surface area contributed by atoms with Crippen LogP contribution in [0.5, 0.6) is 0 Å². The fourth-order valence-corrected chi connectivity index (χ4v) is 1.62. The van der Waals surface area contributed by atoms with E-state index in [1.165, 1.54) is 7.11 Å². The molecule has 1 aliphatic carbocycles. The van der Waals surface area contributed by atoms with E-state index in [-0.39, 0.29) is 11.9 Å². The van der Waals surface area contributed by atoms with Gasteiger partial charge >= 0.3 is 5.97 Å². The summed E-state index contributed by atoms with van der Waals surface area (Å²) in [5, 5.41) is 0. The lowest BCUT2D eigenvalue weighted by Gasteiger charge is -2.32. The number of carbonyl (C=O) groups excluding carboxylic acids is 1. The Kier molecular flexibility index (Phi) is 3.53.